The van der Waals surface area contributed by atoms with Crippen LogP contribution in [0.25, 0.3) is 22.4 Å². The van der Waals surface area contributed by atoms with Gasteiger partial charge in [-0.15, -0.1) is 0 Å². The third-order valence-corrected chi connectivity index (χ3v) is 6.47. The summed E-state index contributed by atoms with van der Waals surface area (Å²) in [6, 6.07) is 6.90. The van der Waals surface area contributed by atoms with E-state index in [0.29, 0.717) is 12.1 Å². The molecule has 3 aromatic rings. The first-order valence-corrected chi connectivity index (χ1v) is 10.7. The first-order valence-electron chi connectivity index (χ1n) is 10.7. The van der Waals surface area contributed by atoms with Gasteiger partial charge in [0, 0.05) is 52.8 Å². The number of benzene rings is 1. The maximum absolute atomic E-state index is 12.5. The molecule has 30 heavy (non-hydrogen) atoms. The summed E-state index contributed by atoms with van der Waals surface area (Å²) in [5.74, 6) is 0.800. The highest BCUT2D eigenvalue weighted by Gasteiger charge is 2.31. The predicted molar refractivity (Wildman–Crippen MR) is 119 cm³/mol. The highest BCUT2D eigenvalue weighted by atomic mass is 16.5. The maximum Gasteiger partial charge on any atom is 0.185 e. The van der Waals surface area contributed by atoms with Gasteiger partial charge in [-0.2, -0.15) is 5.10 Å². The number of pyridine rings is 1. The number of fused-ring (bicyclic) bond motifs is 3. The topological polar surface area (TPSA) is 52.3 Å². The van der Waals surface area contributed by atoms with E-state index in [0.717, 1.165) is 40.2 Å². The number of methoxy groups -OCH3 is 1. The molecule has 0 saturated heterocycles. The standard InChI is InChI=1S/C24H28N4O2/c1-15(2)26-13-18(11-25-26)21-8-17-14-27(19-6-5-7-19)28-12-16(3)23(29)10-22(28)20(17)9-24(21)30-4/h8-13,15,19H,5-7,14H2,1-4H3. The average molecular weight is 405 g/mol. The number of nitrogens with zero attached hydrogens (tertiary/aromatic N) is 4. The van der Waals surface area contributed by atoms with Crippen molar-refractivity contribution < 1.29 is 4.74 Å². The van der Waals surface area contributed by atoms with Crippen LogP contribution in [-0.4, -0.2) is 27.6 Å². The Hall–Kier alpha value is -3.02. The minimum absolute atomic E-state index is 0.0731. The fraction of sp³-hybridized carbons (Fsp3) is 0.417. The zero-order valence-electron chi connectivity index (χ0n) is 18.1. The van der Waals surface area contributed by atoms with E-state index in [4.69, 9.17) is 4.74 Å². The Kier molecular flexibility index (Phi) is 4.45. The van der Waals surface area contributed by atoms with Crippen molar-refractivity contribution >= 4 is 0 Å². The highest BCUT2D eigenvalue weighted by molar-refractivity contribution is 5.78. The van der Waals surface area contributed by atoms with Crippen LogP contribution in [0.3, 0.4) is 0 Å². The Labute approximate surface area is 176 Å². The van der Waals surface area contributed by atoms with Crippen molar-refractivity contribution in [2.45, 2.75) is 58.7 Å². The first-order chi connectivity index (χ1) is 14.5. The average Bonchev–Trinajstić information content (AvgIpc) is 3.17. The van der Waals surface area contributed by atoms with Gasteiger partial charge >= 0.3 is 0 Å². The van der Waals surface area contributed by atoms with Gasteiger partial charge in [-0.25, -0.2) is 0 Å². The van der Waals surface area contributed by atoms with Crippen molar-refractivity contribution in [2.75, 3.05) is 12.1 Å². The highest BCUT2D eigenvalue weighted by Crippen LogP contribution is 2.41. The molecule has 0 spiro atoms. The van der Waals surface area contributed by atoms with Gasteiger partial charge in [0.05, 0.1) is 25.5 Å². The number of hydrogen-bond donors (Lipinski definition) is 0. The third kappa shape index (κ3) is 2.93. The van der Waals surface area contributed by atoms with Gasteiger partial charge in [0.1, 0.15) is 5.75 Å². The smallest absolute Gasteiger partial charge is 0.185 e. The van der Waals surface area contributed by atoms with Crippen LogP contribution in [0.5, 0.6) is 5.75 Å². The minimum atomic E-state index is 0.0731. The van der Waals surface area contributed by atoms with Crippen molar-refractivity contribution in [3.8, 4) is 28.1 Å². The Morgan fingerprint density at radius 1 is 1.13 bits per heavy atom. The van der Waals surface area contributed by atoms with Crippen LogP contribution in [-0.2, 0) is 6.54 Å². The van der Waals surface area contributed by atoms with Gasteiger partial charge in [0.2, 0.25) is 0 Å². The Morgan fingerprint density at radius 2 is 1.93 bits per heavy atom. The number of rotatable bonds is 4. The molecule has 0 amide bonds. The predicted octanol–water partition coefficient (Wildman–Crippen LogP) is 4.28. The van der Waals surface area contributed by atoms with Crippen molar-refractivity contribution in [3.63, 3.8) is 0 Å². The van der Waals surface area contributed by atoms with Gasteiger partial charge in [-0.05, 0) is 57.7 Å². The summed E-state index contributed by atoms with van der Waals surface area (Å²) in [6.07, 6.45) is 9.63. The molecule has 0 atom stereocenters. The van der Waals surface area contributed by atoms with E-state index in [1.165, 1.54) is 24.8 Å². The molecule has 0 bridgehead atoms. The van der Waals surface area contributed by atoms with Crippen molar-refractivity contribution in [1.82, 2.24) is 14.5 Å². The zero-order chi connectivity index (χ0) is 21.0. The molecule has 1 saturated carbocycles. The van der Waals surface area contributed by atoms with E-state index in [1.54, 1.807) is 13.2 Å². The van der Waals surface area contributed by atoms with Gasteiger partial charge in [-0.1, -0.05) is 0 Å². The minimum Gasteiger partial charge on any atom is -0.496 e. The van der Waals surface area contributed by atoms with E-state index in [-0.39, 0.29) is 5.43 Å². The van der Waals surface area contributed by atoms with Gasteiger partial charge in [0.25, 0.3) is 0 Å². The second kappa shape index (κ2) is 7.04. The lowest BCUT2D eigenvalue weighted by Gasteiger charge is -2.44. The van der Waals surface area contributed by atoms with E-state index in [2.05, 4.69) is 47.0 Å². The molecule has 0 N–H and O–H groups in total. The Balaban J connectivity index is 1.68. The van der Waals surface area contributed by atoms with Crippen molar-refractivity contribution in [1.29, 1.82) is 0 Å². The lowest BCUT2D eigenvalue weighted by atomic mass is 9.90. The van der Waals surface area contributed by atoms with E-state index < -0.39 is 0 Å². The summed E-state index contributed by atoms with van der Waals surface area (Å²) in [6.45, 7) is 6.95. The largest absolute Gasteiger partial charge is 0.496 e. The zero-order valence-corrected chi connectivity index (χ0v) is 18.1. The van der Waals surface area contributed by atoms with Crippen LogP contribution in [0.4, 0.5) is 0 Å². The molecule has 5 rings (SSSR count). The Morgan fingerprint density at radius 3 is 2.57 bits per heavy atom. The molecule has 0 radical (unpaired) electrons. The number of aryl methyl sites for hydroxylation is 1. The van der Waals surface area contributed by atoms with Gasteiger partial charge in [-0.3, -0.25) is 14.2 Å². The molecule has 3 heterocycles. The van der Waals surface area contributed by atoms with Crippen LogP contribution in [0, 0.1) is 6.92 Å². The lowest BCUT2D eigenvalue weighted by Crippen LogP contribution is -2.49. The molecule has 6 heteroatoms. The SMILES string of the molecule is COc1cc2c(cc1-c1cnn(C(C)C)c1)CN(C1CCC1)n1cc(C)c(=O)cc1-2. The lowest BCUT2D eigenvalue weighted by molar-refractivity contribution is 0.324. The monoisotopic (exact) mass is 404 g/mol. The summed E-state index contributed by atoms with van der Waals surface area (Å²) in [5, 5.41) is 6.93. The molecule has 6 nitrogen and oxygen atoms in total. The maximum atomic E-state index is 12.5. The molecule has 1 aliphatic carbocycles. The molecule has 1 aliphatic heterocycles. The molecule has 0 unspecified atom stereocenters. The Bertz CT molecular complexity index is 1170. The summed E-state index contributed by atoms with van der Waals surface area (Å²) in [4.78, 5) is 12.5. The van der Waals surface area contributed by atoms with Gasteiger partial charge < -0.3 is 9.75 Å². The summed E-state index contributed by atoms with van der Waals surface area (Å²) < 4.78 is 9.93. The van der Waals surface area contributed by atoms with E-state index in [9.17, 15) is 4.79 Å². The molecule has 1 aromatic carbocycles. The van der Waals surface area contributed by atoms with Gasteiger partial charge in [0.15, 0.2) is 5.43 Å². The van der Waals surface area contributed by atoms with Crippen LogP contribution in [0.15, 0.2) is 41.6 Å². The number of ether oxygens (including phenoxy) is 1. The van der Waals surface area contributed by atoms with Crippen molar-refractivity contribution in [2.24, 2.45) is 0 Å². The van der Waals surface area contributed by atoms with Crippen LogP contribution in [0.1, 0.15) is 50.3 Å². The molecular formula is C24H28N4O2. The third-order valence-electron chi connectivity index (χ3n) is 6.47. The van der Waals surface area contributed by atoms with Crippen LogP contribution in [0.2, 0.25) is 0 Å². The molecule has 2 aromatic heterocycles. The number of hydrogen-bond acceptors (Lipinski definition) is 4. The van der Waals surface area contributed by atoms with Crippen LogP contribution < -0.4 is 15.2 Å². The van der Waals surface area contributed by atoms with E-state index in [1.807, 2.05) is 24.0 Å². The van der Waals surface area contributed by atoms with Crippen molar-refractivity contribution in [3.05, 3.63) is 58.1 Å². The molecular weight excluding hydrogens is 376 g/mol. The van der Waals surface area contributed by atoms with E-state index >= 15 is 0 Å². The second-order valence-corrected chi connectivity index (χ2v) is 8.75. The summed E-state index contributed by atoms with van der Waals surface area (Å²) in [5.41, 5.74) is 6.17. The summed E-state index contributed by atoms with van der Waals surface area (Å²) >= 11 is 0. The molecule has 1 fully saturated rings. The quantitative estimate of drug-likeness (QED) is 0.651. The fourth-order valence-electron chi connectivity index (χ4n) is 4.42. The van der Waals surface area contributed by atoms with Crippen LogP contribution >= 0.6 is 0 Å². The normalized spacial score (nSPS) is 15.7. The summed E-state index contributed by atoms with van der Waals surface area (Å²) in [7, 11) is 1.70. The first kappa shape index (κ1) is 19.0. The second-order valence-electron chi connectivity index (χ2n) is 8.75. The molecule has 156 valence electrons. The fourth-order valence-corrected chi connectivity index (χ4v) is 4.42. The molecule has 2 aliphatic rings. The number of aromatic nitrogens is 3.